The Morgan fingerprint density at radius 1 is 1.05 bits per heavy atom. The summed E-state index contributed by atoms with van der Waals surface area (Å²) in [6.45, 7) is 6.59. The highest BCUT2D eigenvalue weighted by atomic mass is 16.3. The highest BCUT2D eigenvalue weighted by Crippen LogP contribution is 2.30. The molecule has 2 heteroatoms. The molecule has 0 fully saturated rings. The maximum Gasteiger partial charge on any atom is 0.134 e. The Morgan fingerprint density at radius 2 is 1.79 bits per heavy atom. The van der Waals surface area contributed by atoms with E-state index >= 15 is 0 Å². The van der Waals surface area contributed by atoms with Crippen molar-refractivity contribution in [1.29, 1.82) is 0 Å². The van der Waals surface area contributed by atoms with Crippen LogP contribution in [0.1, 0.15) is 38.0 Å². The van der Waals surface area contributed by atoms with Crippen LogP contribution in [0.4, 0.5) is 0 Å². The second-order valence-electron chi connectivity index (χ2n) is 5.40. The number of benzene rings is 1. The number of likely N-dealkylation sites (N-methyl/N-ethyl adjacent to an activating group) is 1. The average molecular weight is 257 g/mol. The molecule has 0 aliphatic carbocycles. The fraction of sp³-hybridized carbons (Fsp3) is 0.412. The summed E-state index contributed by atoms with van der Waals surface area (Å²) in [5.41, 5.74) is 2.55. The van der Waals surface area contributed by atoms with Crippen LogP contribution in [0, 0.1) is 0 Å². The molecule has 0 radical (unpaired) electrons. The predicted octanol–water partition coefficient (Wildman–Crippen LogP) is 4.22. The third-order valence-electron chi connectivity index (χ3n) is 3.51. The lowest BCUT2D eigenvalue weighted by atomic mass is 9.96. The fourth-order valence-corrected chi connectivity index (χ4v) is 2.26. The zero-order valence-electron chi connectivity index (χ0n) is 12.2. The van der Waals surface area contributed by atoms with Gasteiger partial charge >= 0.3 is 0 Å². The molecule has 19 heavy (non-hydrogen) atoms. The molecule has 2 rings (SSSR count). The highest BCUT2D eigenvalue weighted by molar-refractivity contribution is 5.63. The van der Waals surface area contributed by atoms with Gasteiger partial charge in [-0.1, -0.05) is 38.1 Å². The molecule has 1 aromatic carbocycles. The Balaban J connectivity index is 2.28. The molecule has 0 saturated carbocycles. The van der Waals surface area contributed by atoms with Crippen molar-refractivity contribution in [3.63, 3.8) is 0 Å². The maximum atomic E-state index is 5.99. The van der Waals surface area contributed by atoms with E-state index in [2.05, 4.69) is 62.5 Å². The summed E-state index contributed by atoms with van der Waals surface area (Å²) < 4.78 is 5.99. The zero-order valence-corrected chi connectivity index (χ0v) is 12.2. The van der Waals surface area contributed by atoms with Gasteiger partial charge < -0.3 is 9.73 Å². The number of hydrogen-bond acceptors (Lipinski definition) is 2. The van der Waals surface area contributed by atoms with E-state index in [0.29, 0.717) is 12.0 Å². The lowest BCUT2D eigenvalue weighted by molar-refractivity contribution is 0.481. The molecule has 1 atom stereocenters. The first-order chi connectivity index (χ1) is 9.11. The van der Waals surface area contributed by atoms with Gasteiger partial charge in [0.1, 0.15) is 11.5 Å². The van der Waals surface area contributed by atoms with Crippen LogP contribution in [0.15, 0.2) is 40.8 Å². The van der Waals surface area contributed by atoms with Crippen molar-refractivity contribution in [3.8, 4) is 11.3 Å². The lowest BCUT2D eigenvalue weighted by Gasteiger charge is -2.11. The van der Waals surface area contributed by atoms with E-state index in [1.165, 1.54) is 11.1 Å². The van der Waals surface area contributed by atoms with Crippen molar-refractivity contribution in [2.24, 2.45) is 0 Å². The first-order valence-electron chi connectivity index (χ1n) is 6.97. The van der Waals surface area contributed by atoms with E-state index in [0.717, 1.165) is 17.9 Å². The normalized spacial score (nSPS) is 12.9. The molecular weight excluding hydrogens is 234 g/mol. The number of rotatable bonds is 5. The molecule has 1 unspecified atom stereocenters. The molecule has 1 heterocycles. The van der Waals surface area contributed by atoms with Crippen LogP contribution in [-0.2, 0) is 6.42 Å². The molecule has 0 saturated heterocycles. The first-order valence-corrected chi connectivity index (χ1v) is 6.97. The highest BCUT2D eigenvalue weighted by Gasteiger charge is 2.12. The smallest absolute Gasteiger partial charge is 0.134 e. The van der Waals surface area contributed by atoms with Gasteiger partial charge in [-0.25, -0.2) is 0 Å². The predicted molar refractivity (Wildman–Crippen MR) is 80.5 cm³/mol. The van der Waals surface area contributed by atoms with Gasteiger partial charge in [-0.2, -0.15) is 0 Å². The van der Waals surface area contributed by atoms with Crippen molar-refractivity contribution >= 4 is 0 Å². The van der Waals surface area contributed by atoms with Crippen molar-refractivity contribution in [1.82, 2.24) is 5.32 Å². The Kier molecular flexibility index (Phi) is 4.43. The Morgan fingerprint density at radius 3 is 2.47 bits per heavy atom. The van der Waals surface area contributed by atoms with Gasteiger partial charge in [-0.05, 0) is 37.6 Å². The van der Waals surface area contributed by atoms with Crippen LogP contribution in [0.2, 0.25) is 0 Å². The van der Waals surface area contributed by atoms with Gasteiger partial charge in [0.05, 0.1) is 0 Å². The first kappa shape index (κ1) is 13.9. The molecule has 1 N–H and O–H groups in total. The van der Waals surface area contributed by atoms with Crippen LogP contribution in [-0.4, -0.2) is 13.1 Å². The molecular formula is C17H23NO. The van der Waals surface area contributed by atoms with Crippen LogP contribution in [0.25, 0.3) is 11.3 Å². The van der Waals surface area contributed by atoms with Gasteiger partial charge in [-0.15, -0.1) is 0 Å². The van der Waals surface area contributed by atoms with Gasteiger partial charge in [0.2, 0.25) is 0 Å². The quantitative estimate of drug-likeness (QED) is 0.867. The van der Waals surface area contributed by atoms with Gasteiger partial charge in [0.25, 0.3) is 0 Å². The summed E-state index contributed by atoms with van der Waals surface area (Å²) in [6.07, 6.45) is 0.917. The minimum atomic E-state index is 0.430. The van der Waals surface area contributed by atoms with E-state index in [4.69, 9.17) is 4.42 Å². The summed E-state index contributed by atoms with van der Waals surface area (Å²) in [4.78, 5) is 0. The largest absolute Gasteiger partial charge is 0.461 e. The van der Waals surface area contributed by atoms with Crippen molar-refractivity contribution < 1.29 is 4.42 Å². The number of hydrogen-bond donors (Lipinski definition) is 1. The zero-order chi connectivity index (χ0) is 13.8. The summed E-state index contributed by atoms with van der Waals surface area (Å²) in [5.74, 6) is 2.51. The van der Waals surface area contributed by atoms with Gasteiger partial charge in [0.15, 0.2) is 0 Å². The van der Waals surface area contributed by atoms with Crippen LogP contribution in [0.5, 0.6) is 0 Å². The molecule has 0 aliphatic rings. The second kappa shape index (κ2) is 6.07. The summed E-state index contributed by atoms with van der Waals surface area (Å²) in [7, 11) is 1.97. The Labute approximate surface area is 115 Å². The molecule has 2 aromatic rings. The average Bonchev–Trinajstić information content (AvgIpc) is 2.86. The van der Waals surface area contributed by atoms with Crippen molar-refractivity contribution in [3.05, 3.63) is 47.7 Å². The third-order valence-corrected chi connectivity index (χ3v) is 3.51. The number of nitrogens with one attached hydrogen (secondary N) is 1. The summed E-state index contributed by atoms with van der Waals surface area (Å²) >= 11 is 0. The molecule has 0 bridgehead atoms. The van der Waals surface area contributed by atoms with Crippen LogP contribution in [0.3, 0.4) is 0 Å². The Bertz CT molecular complexity index is 528. The molecule has 2 nitrogen and oxygen atoms in total. The van der Waals surface area contributed by atoms with Gasteiger partial charge in [0, 0.05) is 18.0 Å². The second-order valence-corrected chi connectivity index (χ2v) is 5.40. The maximum absolute atomic E-state index is 5.99. The summed E-state index contributed by atoms with van der Waals surface area (Å²) in [5, 5.41) is 3.23. The molecule has 1 aromatic heterocycles. The Hall–Kier alpha value is -1.54. The molecule has 0 aliphatic heterocycles. The minimum Gasteiger partial charge on any atom is -0.461 e. The lowest BCUT2D eigenvalue weighted by Crippen LogP contribution is -2.23. The van der Waals surface area contributed by atoms with E-state index in [-0.39, 0.29) is 0 Å². The van der Waals surface area contributed by atoms with Crippen molar-refractivity contribution in [2.45, 2.75) is 39.2 Å². The fourth-order valence-electron chi connectivity index (χ4n) is 2.26. The number of furan rings is 1. The van der Waals surface area contributed by atoms with E-state index in [1.54, 1.807) is 0 Å². The van der Waals surface area contributed by atoms with E-state index < -0.39 is 0 Å². The standard InChI is InChI=1S/C17H23NO/c1-12(2)15-7-5-6-8-16(15)17-10-9-14(19-17)11-13(3)18-4/h5-10,12-13,18H,11H2,1-4H3. The topological polar surface area (TPSA) is 25.2 Å². The minimum absolute atomic E-state index is 0.430. The molecule has 102 valence electrons. The molecule has 0 spiro atoms. The van der Waals surface area contributed by atoms with Crippen LogP contribution < -0.4 is 5.32 Å². The summed E-state index contributed by atoms with van der Waals surface area (Å²) in [6, 6.07) is 13.1. The SMILES string of the molecule is CNC(C)Cc1ccc(-c2ccccc2C(C)C)o1. The monoisotopic (exact) mass is 257 g/mol. The molecule has 0 amide bonds. The van der Waals surface area contributed by atoms with E-state index in [1.807, 2.05) is 7.05 Å². The van der Waals surface area contributed by atoms with Crippen LogP contribution >= 0.6 is 0 Å². The third kappa shape index (κ3) is 3.27. The van der Waals surface area contributed by atoms with E-state index in [9.17, 15) is 0 Å². The van der Waals surface area contributed by atoms with Crippen molar-refractivity contribution in [2.75, 3.05) is 7.05 Å². The van der Waals surface area contributed by atoms with Gasteiger partial charge in [-0.3, -0.25) is 0 Å².